The van der Waals surface area contributed by atoms with E-state index in [-0.39, 0.29) is 11.7 Å². The number of carbonyl (C=O) groups is 1. The van der Waals surface area contributed by atoms with Gasteiger partial charge in [0.05, 0.1) is 6.61 Å². The number of piperidine rings is 1. The van der Waals surface area contributed by atoms with Crippen LogP contribution in [0.15, 0.2) is 83.6 Å². The Morgan fingerprint density at radius 3 is 2.54 bits per heavy atom. The zero-order valence-electron chi connectivity index (χ0n) is 22.2. The first kappa shape index (κ1) is 26.2. The molecule has 4 nitrogen and oxygen atoms in total. The first-order valence-electron chi connectivity index (χ1n) is 14.0. The molecule has 2 aliphatic rings. The summed E-state index contributed by atoms with van der Waals surface area (Å²) in [4.78, 5) is 18.4. The molecule has 6 heteroatoms. The molecular weight excluding hydrogens is 507 g/mol. The zero-order chi connectivity index (χ0) is 26.6. The molecule has 2 unspecified atom stereocenters. The first-order valence-corrected chi connectivity index (χ1v) is 14.9. The maximum absolute atomic E-state index is 13.8. The Hall–Kier alpha value is -3.06. The number of rotatable bonds is 8. The predicted octanol–water partition coefficient (Wildman–Crippen LogP) is 6.83. The van der Waals surface area contributed by atoms with Crippen molar-refractivity contribution in [3.05, 3.63) is 106 Å². The highest BCUT2D eigenvalue weighted by Crippen LogP contribution is 2.36. The summed E-state index contributed by atoms with van der Waals surface area (Å²) in [6.45, 7) is 6.00. The van der Waals surface area contributed by atoms with Crippen LogP contribution in [0, 0.1) is 17.7 Å². The van der Waals surface area contributed by atoms with Crippen molar-refractivity contribution in [2.75, 3.05) is 39.3 Å². The van der Waals surface area contributed by atoms with Crippen LogP contribution in [0.5, 0.6) is 0 Å². The van der Waals surface area contributed by atoms with E-state index < -0.39 is 0 Å². The monoisotopic (exact) mass is 542 g/mol. The van der Waals surface area contributed by atoms with Crippen molar-refractivity contribution in [1.29, 1.82) is 0 Å². The number of hydrogen-bond donors (Lipinski definition) is 0. The molecule has 2 aliphatic heterocycles. The molecule has 2 fully saturated rings. The van der Waals surface area contributed by atoms with Gasteiger partial charge in [-0.25, -0.2) is 4.39 Å². The quantitative estimate of drug-likeness (QED) is 0.245. The lowest BCUT2D eigenvalue weighted by atomic mass is 9.89. The second-order valence-electron chi connectivity index (χ2n) is 11.0. The highest BCUT2D eigenvalue weighted by atomic mass is 32.1. The van der Waals surface area contributed by atoms with Crippen LogP contribution in [0.25, 0.3) is 10.8 Å². The number of nitrogens with zero attached hydrogens (tertiary/aromatic N) is 2. The van der Waals surface area contributed by atoms with Crippen molar-refractivity contribution in [3.63, 3.8) is 0 Å². The van der Waals surface area contributed by atoms with Crippen molar-refractivity contribution < 1.29 is 13.9 Å². The number of benzene rings is 3. The number of likely N-dealkylation sites (tertiary alicyclic amines) is 2. The molecule has 1 amide bonds. The fraction of sp³-hybridized carbons (Fsp3) is 0.364. The minimum Gasteiger partial charge on any atom is -0.376 e. The van der Waals surface area contributed by atoms with E-state index in [9.17, 15) is 9.18 Å². The van der Waals surface area contributed by atoms with Crippen LogP contribution in [0.2, 0.25) is 0 Å². The molecule has 0 saturated carbocycles. The van der Waals surface area contributed by atoms with Gasteiger partial charge >= 0.3 is 0 Å². The van der Waals surface area contributed by atoms with E-state index in [1.807, 2.05) is 24.3 Å². The summed E-state index contributed by atoms with van der Waals surface area (Å²) in [6.07, 6.45) is 2.25. The second kappa shape index (κ2) is 12.0. The van der Waals surface area contributed by atoms with Gasteiger partial charge in [0.2, 0.25) is 0 Å². The van der Waals surface area contributed by atoms with Crippen molar-refractivity contribution in [1.82, 2.24) is 9.80 Å². The van der Waals surface area contributed by atoms with E-state index in [4.69, 9.17) is 4.74 Å². The number of hydrogen-bond acceptors (Lipinski definition) is 4. The summed E-state index contributed by atoms with van der Waals surface area (Å²) >= 11 is 1.74. The fourth-order valence-electron chi connectivity index (χ4n) is 6.26. The Bertz CT molecular complexity index is 1380. The molecule has 0 aliphatic carbocycles. The third-order valence-corrected chi connectivity index (χ3v) is 9.16. The topological polar surface area (TPSA) is 32.8 Å². The molecule has 3 heterocycles. The van der Waals surface area contributed by atoms with Crippen LogP contribution in [-0.4, -0.2) is 55.0 Å². The van der Waals surface area contributed by atoms with E-state index in [2.05, 4.69) is 44.8 Å². The van der Waals surface area contributed by atoms with Crippen molar-refractivity contribution >= 4 is 28.0 Å². The van der Waals surface area contributed by atoms with Crippen molar-refractivity contribution in [3.8, 4) is 0 Å². The van der Waals surface area contributed by atoms with Gasteiger partial charge in [-0.05, 0) is 94.7 Å². The standard InChI is InChI=1S/C33H35FN2O2S/c34-29-10-8-24(9-11-29)21-38-22-25-12-15-35(16-13-25)18-28-19-36(20-32(28)27-14-17-39-23-27)33(37)31-7-3-5-26-4-1-2-6-30(26)31/h1-11,14,17,23,25,28,32H,12-13,15-16,18-22H2. The third-order valence-electron chi connectivity index (χ3n) is 8.46. The maximum atomic E-state index is 13.8. The van der Waals surface area contributed by atoms with Gasteiger partial charge in [-0.2, -0.15) is 11.3 Å². The van der Waals surface area contributed by atoms with E-state index in [0.29, 0.717) is 24.4 Å². The van der Waals surface area contributed by atoms with E-state index >= 15 is 0 Å². The van der Waals surface area contributed by atoms with Gasteiger partial charge in [-0.15, -0.1) is 0 Å². The molecular formula is C33H35FN2O2S. The molecule has 3 aromatic carbocycles. The Kier molecular flexibility index (Phi) is 8.05. The summed E-state index contributed by atoms with van der Waals surface area (Å²) in [6, 6.07) is 23.0. The molecule has 0 spiro atoms. The molecule has 0 radical (unpaired) electrons. The number of fused-ring (bicyclic) bond motifs is 1. The summed E-state index contributed by atoms with van der Waals surface area (Å²) in [7, 11) is 0. The maximum Gasteiger partial charge on any atom is 0.254 e. The van der Waals surface area contributed by atoms with Crippen molar-refractivity contribution in [2.45, 2.75) is 25.4 Å². The average Bonchev–Trinajstić information content (AvgIpc) is 3.65. The van der Waals surface area contributed by atoms with Crippen LogP contribution < -0.4 is 0 Å². The van der Waals surface area contributed by atoms with Gasteiger partial charge in [-0.3, -0.25) is 4.79 Å². The molecule has 0 N–H and O–H groups in total. The van der Waals surface area contributed by atoms with Crippen molar-refractivity contribution in [2.24, 2.45) is 11.8 Å². The SMILES string of the molecule is O=C(c1cccc2ccccc12)N1CC(CN2CCC(COCc3ccc(F)cc3)CC2)C(c2ccsc2)C1. The lowest BCUT2D eigenvalue weighted by molar-refractivity contribution is 0.0539. The summed E-state index contributed by atoms with van der Waals surface area (Å²) in [5.74, 6) is 1.28. The Morgan fingerprint density at radius 1 is 0.949 bits per heavy atom. The van der Waals surface area contributed by atoms with Gasteiger partial charge < -0.3 is 14.5 Å². The number of thiophene rings is 1. The van der Waals surface area contributed by atoms with Gasteiger partial charge in [0.1, 0.15) is 5.82 Å². The lowest BCUT2D eigenvalue weighted by Gasteiger charge is -2.34. The summed E-state index contributed by atoms with van der Waals surface area (Å²) in [5, 5.41) is 6.55. The molecule has 1 aromatic heterocycles. The smallest absolute Gasteiger partial charge is 0.254 e. The van der Waals surface area contributed by atoms with Crippen LogP contribution in [-0.2, 0) is 11.3 Å². The van der Waals surface area contributed by atoms with E-state index in [1.165, 1.54) is 17.7 Å². The minimum atomic E-state index is -0.212. The highest BCUT2D eigenvalue weighted by Gasteiger charge is 2.38. The van der Waals surface area contributed by atoms with E-state index in [0.717, 1.165) is 74.1 Å². The number of halogens is 1. The molecule has 6 rings (SSSR count). The Labute approximate surface area is 234 Å². The normalized spacial score (nSPS) is 20.6. The number of carbonyl (C=O) groups excluding carboxylic acids is 1. The van der Waals surface area contributed by atoms with E-state index in [1.54, 1.807) is 23.5 Å². The largest absolute Gasteiger partial charge is 0.376 e. The molecule has 39 heavy (non-hydrogen) atoms. The zero-order valence-corrected chi connectivity index (χ0v) is 23.0. The van der Waals surface area contributed by atoms with Crippen LogP contribution in [0.1, 0.15) is 40.2 Å². The van der Waals surface area contributed by atoms with Gasteiger partial charge in [0.25, 0.3) is 5.91 Å². The van der Waals surface area contributed by atoms with Crippen LogP contribution in [0.3, 0.4) is 0 Å². The van der Waals surface area contributed by atoms with Gasteiger partial charge in [0, 0.05) is 37.7 Å². The van der Waals surface area contributed by atoms with Crippen LogP contribution >= 0.6 is 11.3 Å². The Balaban J connectivity index is 1.06. The molecule has 4 aromatic rings. The van der Waals surface area contributed by atoms with Gasteiger partial charge in [0.15, 0.2) is 0 Å². The summed E-state index contributed by atoms with van der Waals surface area (Å²) in [5.41, 5.74) is 3.18. The molecule has 2 atom stereocenters. The number of amides is 1. The Morgan fingerprint density at radius 2 is 1.74 bits per heavy atom. The predicted molar refractivity (Wildman–Crippen MR) is 156 cm³/mol. The molecule has 0 bridgehead atoms. The first-order chi connectivity index (χ1) is 19.1. The molecule has 202 valence electrons. The number of ether oxygens (including phenoxy) is 1. The average molecular weight is 543 g/mol. The highest BCUT2D eigenvalue weighted by molar-refractivity contribution is 7.08. The van der Waals surface area contributed by atoms with Crippen LogP contribution in [0.4, 0.5) is 4.39 Å². The summed E-state index contributed by atoms with van der Waals surface area (Å²) < 4.78 is 19.1. The second-order valence-corrected chi connectivity index (χ2v) is 11.8. The fourth-order valence-corrected chi connectivity index (χ4v) is 6.98. The minimum absolute atomic E-state index is 0.145. The molecule has 2 saturated heterocycles. The lowest BCUT2D eigenvalue weighted by Crippen LogP contribution is -2.39. The third kappa shape index (κ3) is 6.08. The van der Waals surface area contributed by atoms with Gasteiger partial charge in [-0.1, -0.05) is 48.5 Å².